The summed E-state index contributed by atoms with van der Waals surface area (Å²) >= 11 is 6.82. The summed E-state index contributed by atoms with van der Waals surface area (Å²) in [5.74, 6) is 0.835. The topological polar surface area (TPSA) is 111 Å². The van der Waals surface area contributed by atoms with Gasteiger partial charge in [-0.2, -0.15) is 5.26 Å². The molecule has 0 bridgehead atoms. The average molecular weight is 729 g/mol. The third-order valence-corrected chi connectivity index (χ3v) is 10.5. The Morgan fingerprint density at radius 3 is 2.38 bits per heavy atom. The Morgan fingerprint density at radius 1 is 0.865 bits per heavy atom. The minimum atomic E-state index is -0.407. The minimum absolute atomic E-state index is 0.0756. The van der Waals surface area contributed by atoms with Crippen LogP contribution in [0.5, 0.6) is 17.2 Å². The van der Waals surface area contributed by atoms with Crippen molar-refractivity contribution in [1.82, 2.24) is 14.8 Å². The summed E-state index contributed by atoms with van der Waals surface area (Å²) < 4.78 is 34.4. The maximum absolute atomic E-state index is 15.9. The van der Waals surface area contributed by atoms with Crippen molar-refractivity contribution >= 4 is 11.6 Å². The van der Waals surface area contributed by atoms with E-state index in [-0.39, 0.29) is 44.3 Å². The molecule has 2 atom stereocenters. The summed E-state index contributed by atoms with van der Waals surface area (Å²) in [5, 5.41) is 29.2. The van der Waals surface area contributed by atoms with E-state index in [9.17, 15) is 15.5 Å². The molecule has 9 nitrogen and oxygen atoms in total. The number of benzene rings is 3. The number of halogens is 2. The second kappa shape index (κ2) is 18.0. The number of aliphatic hydroxyl groups is 2. The molecule has 2 fully saturated rings. The molecule has 0 aliphatic carbocycles. The molecule has 11 heteroatoms. The smallest absolute Gasteiger partial charge is 0.172 e. The second-order valence-corrected chi connectivity index (χ2v) is 13.9. The summed E-state index contributed by atoms with van der Waals surface area (Å²) in [6, 6.07) is 18.7. The van der Waals surface area contributed by atoms with E-state index in [1.54, 1.807) is 36.5 Å². The van der Waals surface area contributed by atoms with Crippen LogP contribution in [-0.2, 0) is 19.8 Å². The number of hydrogen-bond donors (Lipinski definition) is 2. The Balaban J connectivity index is 1.16. The van der Waals surface area contributed by atoms with Gasteiger partial charge in [0.25, 0.3) is 0 Å². The van der Waals surface area contributed by atoms with Crippen LogP contribution in [0.2, 0.25) is 5.02 Å². The molecule has 6 rings (SSSR count). The molecule has 0 spiro atoms. The van der Waals surface area contributed by atoms with Crippen LogP contribution in [0.3, 0.4) is 0 Å². The van der Waals surface area contributed by atoms with E-state index in [1.807, 2.05) is 31.2 Å². The van der Waals surface area contributed by atoms with Crippen molar-refractivity contribution in [3.63, 3.8) is 0 Å². The number of aliphatic hydroxyl groups excluding tert-OH is 2. The molecule has 0 saturated carbocycles. The maximum atomic E-state index is 15.9. The van der Waals surface area contributed by atoms with Gasteiger partial charge in [-0.1, -0.05) is 41.9 Å². The highest BCUT2D eigenvalue weighted by Gasteiger charge is 2.26. The first-order valence-electron chi connectivity index (χ1n) is 18.0. The van der Waals surface area contributed by atoms with Gasteiger partial charge < -0.3 is 24.4 Å². The van der Waals surface area contributed by atoms with Gasteiger partial charge in [0.2, 0.25) is 0 Å². The number of rotatable bonds is 16. The molecule has 4 aromatic rings. The lowest BCUT2D eigenvalue weighted by Crippen LogP contribution is -2.33. The van der Waals surface area contributed by atoms with Crippen LogP contribution in [0.1, 0.15) is 59.9 Å². The first kappa shape index (κ1) is 37.5. The van der Waals surface area contributed by atoms with Crippen LogP contribution in [-0.4, -0.2) is 76.5 Å². The van der Waals surface area contributed by atoms with Gasteiger partial charge in [-0.25, -0.2) is 4.39 Å². The SMILES string of the molecule is Cc1c(COc2cc(OCc3cncc(C#N)c3)c(CN3CCCC3CO)cc2Cl)cccc1-c1cccc(OCCCN2CCCC2CO)c1F. The zero-order valence-electron chi connectivity index (χ0n) is 29.6. The van der Waals surface area contributed by atoms with E-state index in [2.05, 4.69) is 20.9 Å². The van der Waals surface area contributed by atoms with Crippen LogP contribution in [0.25, 0.3) is 11.1 Å². The number of ether oxygens (including phenoxy) is 3. The van der Waals surface area contributed by atoms with Crippen molar-refractivity contribution in [2.24, 2.45) is 0 Å². The first-order chi connectivity index (χ1) is 25.4. The molecule has 52 heavy (non-hydrogen) atoms. The lowest BCUT2D eigenvalue weighted by atomic mass is 9.96. The van der Waals surface area contributed by atoms with E-state index in [4.69, 9.17) is 25.8 Å². The molecule has 2 aliphatic heterocycles. The van der Waals surface area contributed by atoms with Crippen molar-refractivity contribution in [1.29, 1.82) is 5.26 Å². The van der Waals surface area contributed by atoms with Crippen molar-refractivity contribution in [2.45, 2.75) is 70.9 Å². The van der Waals surface area contributed by atoms with Crippen molar-refractivity contribution < 1.29 is 28.8 Å². The quantitative estimate of drug-likeness (QED) is 0.117. The molecule has 0 amide bonds. The zero-order chi connectivity index (χ0) is 36.5. The van der Waals surface area contributed by atoms with E-state index in [0.717, 1.165) is 79.6 Å². The number of aromatic nitrogens is 1. The minimum Gasteiger partial charge on any atom is -0.490 e. The summed E-state index contributed by atoms with van der Waals surface area (Å²) in [6.45, 7) is 6.17. The van der Waals surface area contributed by atoms with Crippen LogP contribution in [0.4, 0.5) is 4.39 Å². The highest BCUT2D eigenvalue weighted by atomic mass is 35.5. The molecule has 2 aliphatic rings. The first-order valence-corrected chi connectivity index (χ1v) is 18.4. The molecular weight excluding hydrogens is 683 g/mol. The van der Waals surface area contributed by atoms with Crippen LogP contribution >= 0.6 is 11.6 Å². The van der Waals surface area contributed by atoms with Gasteiger partial charge in [-0.3, -0.25) is 14.8 Å². The third-order valence-electron chi connectivity index (χ3n) is 10.2. The molecule has 0 radical (unpaired) electrons. The number of nitrogens with zero attached hydrogens (tertiary/aromatic N) is 4. The lowest BCUT2D eigenvalue weighted by Gasteiger charge is -2.24. The fourth-order valence-electron chi connectivity index (χ4n) is 7.23. The molecule has 2 unspecified atom stereocenters. The summed E-state index contributed by atoms with van der Waals surface area (Å²) in [6.07, 6.45) is 7.95. The highest BCUT2D eigenvalue weighted by Crippen LogP contribution is 2.37. The van der Waals surface area contributed by atoms with E-state index >= 15 is 4.39 Å². The predicted octanol–water partition coefficient (Wildman–Crippen LogP) is 7.06. The van der Waals surface area contributed by atoms with Gasteiger partial charge in [0.1, 0.15) is 30.8 Å². The van der Waals surface area contributed by atoms with Gasteiger partial charge in [-0.05, 0) is 87.0 Å². The fourth-order valence-corrected chi connectivity index (χ4v) is 7.47. The maximum Gasteiger partial charge on any atom is 0.172 e. The molecule has 2 saturated heterocycles. The Bertz CT molecular complexity index is 1870. The standard InChI is InChI=1S/C41H46ClFN4O5/c1-28-31(7-2-10-35(28)36-11-3-12-38(41(36)43)50-16-6-15-46-13-4-8-33(46)24-48)27-52-40-19-39(51-26-30-17-29(20-44)21-45-22-30)32(18-37(40)42)23-47-14-5-9-34(47)25-49/h2-3,7,10-12,17-19,21-22,33-34,48-49H,4-6,8-9,13-16,23-27H2,1H3. The number of hydrogen-bond acceptors (Lipinski definition) is 9. The molecule has 2 N–H and O–H groups in total. The van der Waals surface area contributed by atoms with Gasteiger partial charge >= 0.3 is 0 Å². The zero-order valence-corrected chi connectivity index (χ0v) is 30.3. The van der Waals surface area contributed by atoms with Crippen molar-refractivity contribution in [2.75, 3.05) is 39.5 Å². The third kappa shape index (κ3) is 9.03. The Morgan fingerprint density at radius 2 is 1.60 bits per heavy atom. The summed E-state index contributed by atoms with van der Waals surface area (Å²) in [7, 11) is 0. The van der Waals surface area contributed by atoms with Gasteiger partial charge in [-0.15, -0.1) is 0 Å². The van der Waals surface area contributed by atoms with E-state index in [1.165, 1.54) is 6.20 Å². The predicted molar refractivity (Wildman–Crippen MR) is 198 cm³/mol. The number of likely N-dealkylation sites (tertiary alicyclic amines) is 2. The van der Waals surface area contributed by atoms with Crippen LogP contribution < -0.4 is 14.2 Å². The molecule has 3 heterocycles. The van der Waals surface area contributed by atoms with Crippen molar-refractivity contribution in [3.05, 3.63) is 106 Å². The molecule has 274 valence electrons. The molecular formula is C41H46ClFN4O5. The average Bonchev–Trinajstić information content (AvgIpc) is 3.83. The van der Waals surface area contributed by atoms with Gasteiger partial charge in [0, 0.05) is 60.3 Å². The number of pyridine rings is 1. The normalized spacial score (nSPS) is 17.7. The van der Waals surface area contributed by atoms with Crippen LogP contribution in [0, 0.1) is 24.1 Å². The summed E-state index contributed by atoms with van der Waals surface area (Å²) in [4.78, 5) is 8.65. The number of nitriles is 1. The summed E-state index contributed by atoms with van der Waals surface area (Å²) in [5.41, 5.74) is 5.01. The fraction of sp³-hybridized carbons (Fsp3) is 0.415. The largest absolute Gasteiger partial charge is 0.490 e. The lowest BCUT2D eigenvalue weighted by molar-refractivity contribution is 0.150. The van der Waals surface area contributed by atoms with E-state index in [0.29, 0.717) is 40.8 Å². The van der Waals surface area contributed by atoms with Crippen LogP contribution in [0.15, 0.2) is 67.0 Å². The Hall–Kier alpha value is -4.24. The van der Waals surface area contributed by atoms with Crippen molar-refractivity contribution in [3.8, 4) is 34.4 Å². The van der Waals surface area contributed by atoms with Gasteiger partial charge in [0.05, 0.1) is 30.4 Å². The molecule has 3 aromatic carbocycles. The van der Waals surface area contributed by atoms with Gasteiger partial charge in [0.15, 0.2) is 11.6 Å². The Labute approximate surface area is 310 Å². The second-order valence-electron chi connectivity index (χ2n) is 13.5. The highest BCUT2D eigenvalue weighted by molar-refractivity contribution is 6.32. The molecule has 1 aromatic heterocycles. The monoisotopic (exact) mass is 728 g/mol. The van der Waals surface area contributed by atoms with E-state index < -0.39 is 5.82 Å². The Kier molecular flexibility index (Phi) is 13.0.